The lowest BCUT2D eigenvalue weighted by Crippen LogP contribution is -2.16. The van der Waals surface area contributed by atoms with E-state index in [-0.39, 0.29) is 5.92 Å². The number of aromatic nitrogens is 2. The Bertz CT molecular complexity index is 391. The fourth-order valence-corrected chi connectivity index (χ4v) is 3.01. The summed E-state index contributed by atoms with van der Waals surface area (Å²) in [5.41, 5.74) is 0. The zero-order chi connectivity index (χ0) is 13.8. The molecular weight excluding hydrogens is 240 g/mol. The van der Waals surface area contributed by atoms with Gasteiger partial charge in [0.1, 0.15) is 0 Å². The number of aliphatic hydroxyl groups is 1. The van der Waals surface area contributed by atoms with Crippen molar-refractivity contribution in [3.63, 3.8) is 0 Å². The quantitative estimate of drug-likeness (QED) is 0.884. The highest BCUT2D eigenvalue weighted by atomic mass is 16.5. The second-order valence-electron chi connectivity index (χ2n) is 5.89. The summed E-state index contributed by atoms with van der Waals surface area (Å²) in [5.74, 6) is 2.62. The predicted molar refractivity (Wildman–Crippen MR) is 74.0 cm³/mol. The van der Waals surface area contributed by atoms with Crippen LogP contribution in [0.2, 0.25) is 0 Å². The van der Waals surface area contributed by atoms with Crippen molar-refractivity contribution < 1.29 is 9.63 Å². The molecule has 1 heterocycles. The maximum Gasteiger partial charge on any atom is 0.232 e. The Morgan fingerprint density at radius 3 is 2.84 bits per heavy atom. The first-order chi connectivity index (χ1) is 9.15. The zero-order valence-corrected chi connectivity index (χ0v) is 12.3. The first-order valence-corrected chi connectivity index (χ1v) is 7.67. The molecule has 108 valence electrons. The molecule has 0 bridgehead atoms. The topological polar surface area (TPSA) is 59.2 Å². The second kappa shape index (κ2) is 6.51. The SMILES string of the molecule is CCC1CCCC(c2noc(C(C)C(O)CC)n2)C1. The first kappa shape index (κ1) is 14.5. The van der Waals surface area contributed by atoms with Gasteiger partial charge in [0.25, 0.3) is 0 Å². The average Bonchev–Trinajstić information content (AvgIpc) is 2.95. The molecule has 1 aliphatic carbocycles. The lowest BCUT2D eigenvalue weighted by Gasteiger charge is -2.26. The number of rotatable bonds is 5. The van der Waals surface area contributed by atoms with E-state index in [2.05, 4.69) is 17.1 Å². The van der Waals surface area contributed by atoms with Gasteiger partial charge in [-0.25, -0.2) is 0 Å². The lowest BCUT2D eigenvalue weighted by atomic mass is 9.80. The van der Waals surface area contributed by atoms with E-state index in [9.17, 15) is 5.11 Å². The van der Waals surface area contributed by atoms with E-state index in [4.69, 9.17) is 4.52 Å². The van der Waals surface area contributed by atoms with Gasteiger partial charge in [-0.15, -0.1) is 0 Å². The normalized spacial score (nSPS) is 27.2. The van der Waals surface area contributed by atoms with Crippen LogP contribution in [-0.4, -0.2) is 21.4 Å². The smallest absolute Gasteiger partial charge is 0.232 e. The average molecular weight is 266 g/mol. The van der Waals surface area contributed by atoms with Crippen LogP contribution in [0, 0.1) is 5.92 Å². The minimum absolute atomic E-state index is 0.0724. The molecule has 0 radical (unpaired) electrons. The highest BCUT2D eigenvalue weighted by molar-refractivity contribution is 5.01. The van der Waals surface area contributed by atoms with Crippen molar-refractivity contribution >= 4 is 0 Å². The third-order valence-corrected chi connectivity index (χ3v) is 4.57. The van der Waals surface area contributed by atoms with Gasteiger partial charge in [0.05, 0.1) is 12.0 Å². The van der Waals surface area contributed by atoms with Crippen LogP contribution in [0.5, 0.6) is 0 Å². The van der Waals surface area contributed by atoms with Crippen molar-refractivity contribution in [1.82, 2.24) is 10.1 Å². The minimum atomic E-state index is -0.400. The number of hydrogen-bond donors (Lipinski definition) is 1. The van der Waals surface area contributed by atoms with E-state index in [1.54, 1.807) is 0 Å². The zero-order valence-electron chi connectivity index (χ0n) is 12.3. The van der Waals surface area contributed by atoms with Crippen LogP contribution in [0.1, 0.15) is 82.8 Å². The second-order valence-corrected chi connectivity index (χ2v) is 5.89. The Labute approximate surface area is 115 Å². The highest BCUT2D eigenvalue weighted by Crippen LogP contribution is 2.36. The van der Waals surface area contributed by atoms with E-state index < -0.39 is 6.10 Å². The molecule has 1 aromatic rings. The van der Waals surface area contributed by atoms with Crippen LogP contribution < -0.4 is 0 Å². The van der Waals surface area contributed by atoms with E-state index in [0.29, 0.717) is 18.2 Å². The first-order valence-electron chi connectivity index (χ1n) is 7.67. The Hall–Kier alpha value is -0.900. The lowest BCUT2D eigenvalue weighted by molar-refractivity contribution is 0.129. The van der Waals surface area contributed by atoms with Crippen molar-refractivity contribution in [3.8, 4) is 0 Å². The van der Waals surface area contributed by atoms with Gasteiger partial charge in [-0.2, -0.15) is 4.98 Å². The fourth-order valence-electron chi connectivity index (χ4n) is 3.01. The van der Waals surface area contributed by atoms with Crippen LogP contribution in [0.3, 0.4) is 0 Å². The summed E-state index contributed by atoms with van der Waals surface area (Å²) >= 11 is 0. The van der Waals surface area contributed by atoms with Gasteiger partial charge in [0, 0.05) is 5.92 Å². The Kier molecular flexibility index (Phi) is 4.97. The fraction of sp³-hybridized carbons (Fsp3) is 0.867. The summed E-state index contributed by atoms with van der Waals surface area (Å²) in [4.78, 5) is 4.53. The largest absolute Gasteiger partial charge is 0.392 e. The van der Waals surface area contributed by atoms with E-state index in [1.165, 1.54) is 32.1 Å². The molecule has 1 N–H and O–H groups in total. The van der Waals surface area contributed by atoms with Crippen molar-refractivity contribution in [2.75, 3.05) is 0 Å². The molecule has 19 heavy (non-hydrogen) atoms. The van der Waals surface area contributed by atoms with Gasteiger partial charge in [0.15, 0.2) is 5.82 Å². The highest BCUT2D eigenvalue weighted by Gasteiger charge is 2.28. The van der Waals surface area contributed by atoms with Crippen molar-refractivity contribution in [2.45, 2.75) is 77.2 Å². The van der Waals surface area contributed by atoms with Crippen LogP contribution in [0.15, 0.2) is 4.52 Å². The molecule has 2 rings (SSSR count). The third-order valence-electron chi connectivity index (χ3n) is 4.57. The number of hydrogen-bond acceptors (Lipinski definition) is 4. The van der Waals surface area contributed by atoms with Crippen molar-refractivity contribution in [1.29, 1.82) is 0 Å². The van der Waals surface area contributed by atoms with Crippen LogP contribution >= 0.6 is 0 Å². The van der Waals surface area contributed by atoms with Gasteiger partial charge in [-0.3, -0.25) is 0 Å². The summed E-state index contributed by atoms with van der Waals surface area (Å²) in [6.45, 7) is 6.17. The molecule has 4 atom stereocenters. The van der Waals surface area contributed by atoms with Gasteiger partial charge in [-0.1, -0.05) is 45.2 Å². The van der Waals surface area contributed by atoms with Gasteiger partial charge < -0.3 is 9.63 Å². The molecule has 0 aliphatic heterocycles. The molecule has 1 aromatic heterocycles. The molecule has 4 heteroatoms. The molecule has 0 saturated heterocycles. The minimum Gasteiger partial charge on any atom is -0.392 e. The summed E-state index contributed by atoms with van der Waals surface area (Å²) < 4.78 is 5.35. The maximum absolute atomic E-state index is 9.85. The standard InChI is InChI=1S/C15H26N2O2/c1-4-11-7-6-8-12(9-11)14-16-15(19-17-14)10(3)13(18)5-2/h10-13,18H,4-9H2,1-3H3. The molecule has 4 nitrogen and oxygen atoms in total. The van der Waals surface area contributed by atoms with Gasteiger partial charge >= 0.3 is 0 Å². The summed E-state index contributed by atoms with van der Waals surface area (Å²) in [6.07, 6.45) is 6.50. The summed E-state index contributed by atoms with van der Waals surface area (Å²) in [7, 11) is 0. The predicted octanol–water partition coefficient (Wildman–Crippen LogP) is 3.63. The van der Waals surface area contributed by atoms with E-state index in [1.807, 2.05) is 13.8 Å². The molecule has 0 aromatic carbocycles. The third kappa shape index (κ3) is 3.35. The number of aliphatic hydroxyl groups excluding tert-OH is 1. The Morgan fingerprint density at radius 2 is 2.16 bits per heavy atom. The maximum atomic E-state index is 9.85. The van der Waals surface area contributed by atoms with Crippen LogP contribution in [0.25, 0.3) is 0 Å². The summed E-state index contributed by atoms with van der Waals surface area (Å²) in [6, 6.07) is 0. The van der Waals surface area contributed by atoms with Crippen molar-refractivity contribution in [2.24, 2.45) is 5.92 Å². The summed E-state index contributed by atoms with van der Waals surface area (Å²) in [5, 5.41) is 14.0. The Balaban J connectivity index is 2.04. The molecule has 1 fully saturated rings. The van der Waals surface area contributed by atoms with Gasteiger partial charge in [0.2, 0.25) is 5.89 Å². The molecule has 0 spiro atoms. The molecule has 0 amide bonds. The van der Waals surface area contributed by atoms with Gasteiger partial charge in [-0.05, 0) is 25.2 Å². The van der Waals surface area contributed by atoms with Crippen molar-refractivity contribution in [3.05, 3.63) is 11.7 Å². The number of nitrogens with zero attached hydrogens (tertiary/aromatic N) is 2. The molecule has 1 aliphatic rings. The molecule has 1 saturated carbocycles. The molecular formula is C15H26N2O2. The Morgan fingerprint density at radius 1 is 1.37 bits per heavy atom. The van der Waals surface area contributed by atoms with Crippen LogP contribution in [0.4, 0.5) is 0 Å². The van der Waals surface area contributed by atoms with E-state index in [0.717, 1.165) is 11.7 Å². The van der Waals surface area contributed by atoms with E-state index >= 15 is 0 Å². The molecule has 4 unspecified atom stereocenters. The van der Waals surface area contributed by atoms with Crippen LogP contribution in [-0.2, 0) is 0 Å². The monoisotopic (exact) mass is 266 g/mol.